The molecule has 1 aliphatic heterocycles. The highest BCUT2D eigenvalue weighted by atomic mass is 35.5. The average molecular weight is 273 g/mol. The van der Waals surface area contributed by atoms with Crippen LogP contribution < -0.4 is 10.1 Å². The van der Waals surface area contributed by atoms with Crippen LogP contribution in [0.3, 0.4) is 0 Å². The molecular formula is C13H18ClFN2O. The largest absolute Gasteiger partial charge is 0.491 e. The first-order chi connectivity index (χ1) is 8.65. The summed E-state index contributed by atoms with van der Waals surface area (Å²) in [5.41, 5.74) is 0. The van der Waals surface area contributed by atoms with Gasteiger partial charge in [0.05, 0.1) is 5.02 Å². The first-order valence-electron chi connectivity index (χ1n) is 6.19. The van der Waals surface area contributed by atoms with Crippen LogP contribution in [-0.4, -0.2) is 43.7 Å². The summed E-state index contributed by atoms with van der Waals surface area (Å²) in [5, 5.41) is 3.71. The van der Waals surface area contributed by atoms with Gasteiger partial charge < -0.3 is 10.1 Å². The van der Waals surface area contributed by atoms with Crippen molar-refractivity contribution >= 4 is 11.6 Å². The summed E-state index contributed by atoms with van der Waals surface area (Å²) in [6.45, 7) is 6.67. The molecule has 0 aliphatic carbocycles. The smallest absolute Gasteiger partial charge is 0.138 e. The van der Waals surface area contributed by atoms with Crippen molar-refractivity contribution < 1.29 is 9.13 Å². The van der Waals surface area contributed by atoms with E-state index in [2.05, 4.69) is 17.1 Å². The average Bonchev–Trinajstić information content (AvgIpc) is 2.32. The van der Waals surface area contributed by atoms with Crippen molar-refractivity contribution in [2.24, 2.45) is 0 Å². The third-order valence-electron chi connectivity index (χ3n) is 3.01. The second-order valence-corrected chi connectivity index (χ2v) is 4.99. The Morgan fingerprint density at radius 3 is 3.11 bits per heavy atom. The van der Waals surface area contributed by atoms with Crippen LogP contribution in [0.1, 0.15) is 6.92 Å². The number of hydrogen-bond acceptors (Lipinski definition) is 3. The molecule has 0 amide bonds. The Hall–Kier alpha value is -0.840. The first kappa shape index (κ1) is 13.6. The van der Waals surface area contributed by atoms with Gasteiger partial charge in [-0.05, 0) is 25.1 Å². The van der Waals surface area contributed by atoms with E-state index in [1.165, 1.54) is 12.1 Å². The fourth-order valence-corrected chi connectivity index (χ4v) is 2.31. The van der Waals surface area contributed by atoms with Crippen molar-refractivity contribution in [1.29, 1.82) is 0 Å². The minimum absolute atomic E-state index is 0.323. The van der Waals surface area contributed by atoms with Crippen molar-refractivity contribution in [1.82, 2.24) is 10.2 Å². The fourth-order valence-electron chi connectivity index (χ4n) is 2.09. The SMILES string of the molecule is CC1CN(CCOc2ccc(F)cc2Cl)CCN1. The van der Waals surface area contributed by atoms with Crippen LogP contribution in [-0.2, 0) is 0 Å². The molecule has 1 aliphatic rings. The predicted molar refractivity (Wildman–Crippen MR) is 70.8 cm³/mol. The van der Waals surface area contributed by atoms with Gasteiger partial charge in [-0.1, -0.05) is 11.6 Å². The van der Waals surface area contributed by atoms with Crippen molar-refractivity contribution in [3.8, 4) is 5.75 Å². The first-order valence-corrected chi connectivity index (χ1v) is 6.56. The molecule has 0 radical (unpaired) electrons. The number of piperazine rings is 1. The van der Waals surface area contributed by atoms with E-state index in [1.54, 1.807) is 6.07 Å². The second kappa shape index (κ2) is 6.36. The zero-order valence-electron chi connectivity index (χ0n) is 10.5. The molecule has 1 N–H and O–H groups in total. The van der Waals surface area contributed by atoms with Crippen LogP contribution in [0.4, 0.5) is 4.39 Å². The van der Waals surface area contributed by atoms with E-state index < -0.39 is 0 Å². The van der Waals surface area contributed by atoms with Gasteiger partial charge >= 0.3 is 0 Å². The number of benzene rings is 1. The lowest BCUT2D eigenvalue weighted by atomic mass is 10.2. The zero-order chi connectivity index (χ0) is 13.0. The second-order valence-electron chi connectivity index (χ2n) is 4.58. The molecule has 1 aromatic carbocycles. The minimum atomic E-state index is -0.344. The molecule has 0 bridgehead atoms. The Morgan fingerprint density at radius 2 is 2.39 bits per heavy atom. The predicted octanol–water partition coefficient (Wildman–Crippen LogP) is 2.15. The summed E-state index contributed by atoms with van der Waals surface area (Å²) >= 11 is 5.89. The maximum Gasteiger partial charge on any atom is 0.138 e. The van der Waals surface area contributed by atoms with Crippen molar-refractivity contribution in [2.75, 3.05) is 32.8 Å². The van der Waals surface area contributed by atoms with Crippen molar-refractivity contribution in [2.45, 2.75) is 13.0 Å². The van der Waals surface area contributed by atoms with E-state index >= 15 is 0 Å². The number of nitrogens with one attached hydrogen (secondary N) is 1. The van der Waals surface area contributed by atoms with E-state index in [0.717, 1.165) is 26.2 Å². The Balaban J connectivity index is 1.77. The van der Waals surface area contributed by atoms with Crippen LogP contribution in [0, 0.1) is 5.82 Å². The van der Waals surface area contributed by atoms with Gasteiger partial charge in [0.15, 0.2) is 0 Å². The highest BCUT2D eigenvalue weighted by Crippen LogP contribution is 2.24. The molecule has 5 heteroatoms. The highest BCUT2D eigenvalue weighted by molar-refractivity contribution is 6.32. The molecule has 1 saturated heterocycles. The molecule has 0 aromatic heterocycles. The topological polar surface area (TPSA) is 24.5 Å². The molecule has 1 atom stereocenters. The van der Waals surface area contributed by atoms with Crippen LogP contribution in [0.5, 0.6) is 5.75 Å². The maximum absolute atomic E-state index is 12.8. The van der Waals surface area contributed by atoms with Crippen molar-refractivity contribution in [3.05, 3.63) is 29.0 Å². The summed E-state index contributed by atoms with van der Waals surface area (Å²) in [6, 6.07) is 4.71. The summed E-state index contributed by atoms with van der Waals surface area (Å²) in [7, 11) is 0. The Kier molecular flexibility index (Phi) is 4.80. The third kappa shape index (κ3) is 3.83. The molecule has 3 nitrogen and oxygen atoms in total. The summed E-state index contributed by atoms with van der Waals surface area (Å²) in [4.78, 5) is 2.35. The summed E-state index contributed by atoms with van der Waals surface area (Å²) < 4.78 is 18.4. The lowest BCUT2D eigenvalue weighted by Gasteiger charge is -2.31. The molecule has 0 spiro atoms. The van der Waals surface area contributed by atoms with Crippen molar-refractivity contribution in [3.63, 3.8) is 0 Å². The molecule has 2 rings (SSSR count). The monoisotopic (exact) mass is 272 g/mol. The summed E-state index contributed by atoms with van der Waals surface area (Å²) in [5.74, 6) is 0.199. The van der Waals surface area contributed by atoms with E-state index in [-0.39, 0.29) is 5.82 Å². The van der Waals surface area contributed by atoms with Gasteiger partial charge in [0.25, 0.3) is 0 Å². The quantitative estimate of drug-likeness (QED) is 0.909. The molecule has 1 fully saturated rings. The Bertz CT molecular complexity index is 403. The van der Waals surface area contributed by atoms with E-state index in [4.69, 9.17) is 16.3 Å². The molecule has 1 aromatic rings. The number of hydrogen-bond donors (Lipinski definition) is 1. The van der Waals surface area contributed by atoms with Gasteiger partial charge in [-0.2, -0.15) is 0 Å². The maximum atomic E-state index is 12.8. The van der Waals surface area contributed by atoms with Gasteiger partial charge in [0.1, 0.15) is 18.2 Å². The number of ether oxygens (including phenoxy) is 1. The molecule has 100 valence electrons. The molecule has 18 heavy (non-hydrogen) atoms. The normalized spacial score (nSPS) is 20.9. The van der Waals surface area contributed by atoms with Gasteiger partial charge in [0, 0.05) is 32.2 Å². The molecule has 1 unspecified atom stereocenters. The lowest BCUT2D eigenvalue weighted by molar-refractivity contribution is 0.170. The third-order valence-corrected chi connectivity index (χ3v) is 3.31. The molecule has 0 saturated carbocycles. The summed E-state index contributed by atoms with van der Waals surface area (Å²) in [6.07, 6.45) is 0. The minimum Gasteiger partial charge on any atom is -0.491 e. The van der Waals surface area contributed by atoms with Gasteiger partial charge in [-0.3, -0.25) is 4.90 Å². The van der Waals surface area contributed by atoms with Crippen LogP contribution in [0.25, 0.3) is 0 Å². The van der Waals surface area contributed by atoms with Gasteiger partial charge in [0.2, 0.25) is 0 Å². The van der Waals surface area contributed by atoms with E-state index in [9.17, 15) is 4.39 Å². The number of nitrogens with zero attached hydrogens (tertiary/aromatic N) is 1. The molecular weight excluding hydrogens is 255 g/mol. The highest BCUT2D eigenvalue weighted by Gasteiger charge is 2.15. The molecule has 1 heterocycles. The van der Waals surface area contributed by atoms with Gasteiger partial charge in [-0.25, -0.2) is 4.39 Å². The van der Waals surface area contributed by atoms with Crippen LogP contribution in [0.15, 0.2) is 18.2 Å². The fraction of sp³-hybridized carbons (Fsp3) is 0.538. The number of rotatable bonds is 4. The Morgan fingerprint density at radius 1 is 1.56 bits per heavy atom. The standard InChI is InChI=1S/C13H18ClFN2O/c1-10-9-17(5-4-16-10)6-7-18-13-3-2-11(15)8-12(13)14/h2-3,8,10,16H,4-7,9H2,1H3. The van der Waals surface area contributed by atoms with E-state index in [1.807, 2.05) is 0 Å². The van der Waals surface area contributed by atoms with E-state index in [0.29, 0.717) is 23.4 Å². The number of halogens is 2. The van der Waals surface area contributed by atoms with Crippen LogP contribution >= 0.6 is 11.6 Å². The zero-order valence-corrected chi connectivity index (χ0v) is 11.2. The van der Waals surface area contributed by atoms with Crippen LogP contribution in [0.2, 0.25) is 5.02 Å². The lowest BCUT2D eigenvalue weighted by Crippen LogP contribution is -2.50. The Labute approximate surface area is 112 Å². The van der Waals surface area contributed by atoms with Gasteiger partial charge in [-0.15, -0.1) is 0 Å².